The Morgan fingerprint density at radius 1 is 1.48 bits per heavy atom. The zero-order valence-corrected chi connectivity index (χ0v) is 15.3. The second-order valence-corrected chi connectivity index (χ2v) is 7.34. The van der Waals surface area contributed by atoms with E-state index >= 15 is 0 Å². The number of nitrogens with zero attached hydrogens (tertiary/aromatic N) is 3. The second kappa shape index (κ2) is 7.51. The Labute approximate surface area is 153 Å². The van der Waals surface area contributed by atoms with Gasteiger partial charge < -0.3 is 19.5 Å². The molecule has 3 heterocycles. The van der Waals surface area contributed by atoms with Gasteiger partial charge in [-0.2, -0.15) is 4.98 Å². The van der Waals surface area contributed by atoms with Crippen LogP contribution in [0, 0.1) is 5.92 Å². The van der Waals surface area contributed by atoms with E-state index in [0.717, 1.165) is 0 Å². The SMILES string of the molecule is CNC(=O)[C@@H]1CN(C(=O)c2ccc(Cl)s2)C[C@H]1c1nc(COC)no1. The van der Waals surface area contributed by atoms with E-state index in [0.29, 0.717) is 27.5 Å². The van der Waals surface area contributed by atoms with Gasteiger partial charge in [-0.15, -0.1) is 11.3 Å². The van der Waals surface area contributed by atoms with Crippen LogP contribution >= 0.6 is 22.9 Å². The number of methoxy groups -OCH3 is 1. The van der Waals surface area contributed by atoms with Gasteiger partial charge in [-0.3, -0.25) is 9.59 Å². The molecule has 1 saturated heterocycles. The number of nitrogens with one attached hydrogen (secondary N) is 1. The van der Waals surface area contributed by atoms with Gasteiger partial charge in [0, 0.05) is 27.2 Å². The van der Waals surface area contributed by atoms with Crippen molar-refractivity contribution in [3.63, 3.8) is 0 Å². The Balaban J connectivity index is 1.82. The minimum Gasteiger partial charge on any atom is -0.377 e. The molecule has 134 valence electrons. The van der Waals surface area contributed by atoms with E-state index in [4.69, 9.17) is 20.9 Å². The number of carbonyl (C=O) groups is 2. The monoisotopic (exact) mass is 384 g/mol. The second-order valence-electron chi connectivity index (χ2n) is 5.62. The van der Waals surface area contributed by atoms with Gasteiger partial charge in [-0.25, -0.2) is 0 Å². The standard InChI is InChI=1S/C15H17ClN4O4S/c1-17-13(21)8-5-20(15(22)10-3-4-11(16)25-10)6-9(8)14-18-12(7-23-2)19-24-14/h3-4,8-9H,5-7H2,1-2H3,(H,17,21)/t8-,9-/m1/s1. The van der Waals surface area contributed by atoms with Crippen LogP contribution in [0.5, 0.6) is 0 Å². The average Bonchev–Trinajstić information content (AvgIpc) is 3.32. The Morgan fingerprint density at radius 3 is 2.92 bits per heavy atom. The zero-order chi connectivity index (χ0) is 18.0. The number of hydrogen-bond donors (Lipinski definition) is 1. The molecule has 2 aromatic heterocycles. The third-order valence-electron chi connectivity index (χ3n) is 4.05. The molecular formula is C15H17ClN4O4S. The molecular weight excluding hydrogens is 368 g/mol. The minimum absolute atomic E-state index is 0.162. The summed E-state index contributed by atoms with van der Waals surface area (Å²) in [6.07, 6.45) is 0. The maximum absolute atomic E-state index is 12.7. The molecule has 0 bridgehead atoms. The molecule has 10 heteroatoms. The molecule has 2 amide bonds. The predicted octanol–water partition coefficient (Wildman–Crippen LogP) is 1.53. The first-order valence-electron chi connectivity index (χ1n) is 7.61. The molecule has 2 atom stereocenters. The molecule has 0 unspecified atom stereocenters. The number of aromatic nitrogens is 2. The number of carbonyl (C=O) groups excluding carboxylic acids is 2. The highest BCUT2D eigenvalue weighted by atomic mass is 35.5. The summed E-state index contributed by atoms with van der Waals surface area (Å²) >= 11 is 7.12. The fraction of sp³-hybridized carbons (Fsp3) is 0.467. The third kappa shape index (κ3) is 3.68. The summed E-state index contributed by atoms with van der Waals surface area (Å²) in [4.78, 5) is 31.4. The number of likely N-dealkylation sites (tertiary alicyclic amines) is 1. The smallest absolute Gasteiger partial charge is 0.264 e. The summed E-state index contributed by atoms with van der Waals surface area (Å²) in [7, 11) is 3.10. The van der Waals surface area contributed by atoms with Crippen LogP contribution < -0.4 is 5.32 Å². The van der Waals surface area contributed by atoms with E-state index in [2.05, 4.69) is 15.5 Å². The van der Waals surface area contributed by atoms with E-state index < -0.39 is 5.92 Å². The van der Waals surface area contributed by atoms with E-state index in [1.54, 1.807) is 24.1 Å². The molecule has 8 nitrogen and oxygen atoms in total. The summed E-state index contributed by atoms with van der Waals surface area (Å²) in [5.74, 6) is -0.415. The quantitative estimate of drug-likeness (QED) is 0.839. The van der Waals surface area contributed by atoms with E-state index in [1.807, 2.05) is 0 Å². The Bertz CT molecular complexity index is 777. The van der Waals surface area contributed by atoms with Crippen molar-refractivity contribution in [2.75, 3.05) is 27.2 Å². The predicted molar refractivity (Wildman–Crippen MR) is 90.5 cm³/mol. The number of amides is 2. The Kier molecular flexibility index (Phi) is 5.36. The lowest BCUT2D eigenvalue weighted by Gasteiger charge is -2.14. The minimum atomic E-state index is -0.458. The lowest BCUT2D eigenvalue weighted by molar-refractivity contribution is -0.124. The van der Waals surface area contributed by atoms with Gasteiger partial charge >= 0.3 is 0 Å². The fourth-order valence-electron chi connectivity index (χ4n) is 2.86. The van der Waals surface area contributed by atoms with Crippen molar-refractivity contribution in [2.24, 2.45) is 5.92 Å². The van der Waals surface area contributed by atoms with Crippen LogP contribution in [0.2, 0.25) is 4.34 Å². The number of hydrogen-bond acceptors (Lipinski definition) is 7. The summed E-state index contributed by atoms with van der Waals surface area (Å²) in [5.41, 5.74) is 0. The molecule has 1 fully saturated rings. The van der Waals surface area contributed by atoms with Gasteiger partial charge in [0.25, 0.3) is 5.91 Å². The first-order valence-corrected chi connectivity index (χ1v) is 8.80. The van der Waals surface area contributed by atoms with Gasteiger partial charge in [0.2, 0.25) is 11.8 Å². The molecule has 0 aliphatic carbocycles. The lowest BCUT2D eigenvalue weighted by Crippen LogP contribution is -2.33. The van der Waals surface area contributed by atoms with Crippen molar-refractivity contribution in [1.29, 1.82) is 0 Å². The number of thiophene rings is 1. The van der Waals surface area contributed by atoms with Gasteiger partial charge in [0.15, 0.2) is 5.82 Å². The van der Waals surface area contributed by atoms with Gasteiger partial charge in [-0.05, 0) is 12.1 Å². The summed E-state index contributed by atoms with van der Waals surface area (Å²) in [5, 5.41) is 6.47. The normalized spacial score (nSPS) is 20.0. The van der Waals surface area contributed by atoms with Crippen LogP contribution in [0.3, 0.4) is 0 Å². The maximum atomic E-state index is 12.7. The van der Waals surface area contributed by atoms with Crippen LogP contribution in [-0.2, 0) is 16.1 Å². The third-order valence-corrected chi connectivity index (χ3v) is 5.27. The number of ether oxygens (including phenoxy) is 1. The summed E-state index contributed by atoms with van der Waals surface area (Å²) < 4.78 is 10.8. The molecule has 1 aliphatic rings. The molecule has 0 saturated carbocycles. The molecule has 25 heavy (non-hydrogen) atoms. The number of rotatable bonds is 5. The van der Waals surface area contributed by atoms with Crippen LogP contribution in [-0.4, -0.2) is 54.1 Å². The lowest BCUT2D eigenvalue weighted by atomic mass is 9.95. The van der Waals surface area contributed by atoms with Crippen molar-refractivity contribution in [2.45, 2.75) is 12.5 Å². The highest BCUT2D eigenvalue weighted by molar-refractivity contribution is 7.17. The van der Waals surface area contributed by atoms with Crippen molar-refractivity contribution in [1.82, 2.24) is 20.4 Å². The van der Waals surface area contributed by atoms with Gasteiger partial charge in [-0.1, -0.05) is 16.8 Å². The average molecular weight is 385 g/mol. The zero-order valence-electron chi connectivity index (χ0n) is 13.7. The largest absolute Gasteiger partial charge is 0.377 e. The van der Waals surface area contributed by atoms with Crippen LogP contribution in [0.15, 0.2) is 16.7 Å². The van der Waals surface area contributed by atoms with Crippen LogP contribution in [0.25, 0.3) is 0 Å². The van der Waals surface area contributed by atoms with E-state index in [9.17, 15) is 9.59 Å². The van der Waals surface area contributed by atoms with Crippen molar-refractivity contribution in [3.8, 4) is 0 Å². The molecule has 3 rings (SSSR count). The van der Waals surface area contributed by atoms with Gasteiger partial charge in [0.05, 0.1) is 21.0 Å². The molecule has 0 radical (unpaired) electrons. The molecule has 2 aromatic rings. The first-order chi connectivity index (χ1) is 12.0. The van der Waals surface area contributed by atoms with Crippen molar-refractivity contribution >= 4 is 34.8 Å². The molecule has 0 aromatic carbocycles. The fourth-order valence-corrected chi connectivity index (χ4v) is 3.87. The Morgan fingerprint density at radius 2 is 2.28 bits per heavy atom. The van der Waals surface area contributed by atoms with E-state index in [-0.39, 0.29) is 30.9 Å². The van der Waals surface area contributed by atoms with E-state index in [1.165, 1.54) is 18.4 Å². The van der Waals surface area contributed by atoms with Crippen molar-refractivity contribution in [3.05, 3.63) is 33.1 Å². The highest BCUT2D eigenvalue weighted by Gasteiger charge is 2.43. The topological polar surface area (TPSA) is 97.6 Å². The molecule has 1 N–H and O–H groups in total. The summed E-state index contributed by atoms with van der Waals surface area (Å²) in [6.45, 7) is 0.818. The Hall–Kier alpha value is -1.97. The highest BCUT2D eigenvalue weighted by Crippen LogP contribution is 2.34. The molecule has 1 aliphatic heterocycles. The van der Waals surface area contributed by atoms with Crippen LogP contribution in [0.4, 0.5) is 0 Å². The molecule has 0 spiro atoms. The number of halogens is 1. The van der Waals surface area contributed by atoms with Gasteiger partial charge in [0.1, 0.15) is 6.61 Å². The summed E-state index contributed by atoms with van der Waals surface area (Å²) in [6, 6.07) is 3.36. The van der Waals surface area contributed by atoms with Crippen LogP contribution in [0.1, 0.15) is 27.3 Å². The first kappa shape index (κ1) is 17.8. The maximum Gasteiger partial charge on any atom is 0.264 e. The van der Waals surface area contributed by atoms with Crippen molar-refractivity contribution < 1.29 is 18.8 Å².